The number of imide groups is 1. The molecule has 0 aliphatic carbocycles. The lowest BCUT2D eigenvalue weighted by atomic mass is 10.0. The maximum atomic E-state index is 12.3. The monoisotopic (exact) mass is 396 g/mol. The smallest absolute Gasteiger partial charge is 0.316 e. The van der Waals surface area contributed by atoms with Crippen LogP contribution in [0.3, 0.4) is 0 Å². The SMILES string of the molecule is O=C1CCN(c2cccc3c2cnn3C2CCN(C[C@@H]3CCNC3)CC2)C(=O)N1. The van der Waals surface area contributed by atoms with E-state index in [1.54, 1.807) is 4.90 Å². The lowest BCUT2D eigenvalue weighted by Gasteiger charge is -2.33. The van der Waals surface area contributed by atoms with Crippen molar-refractivity contribution in [3.63, 3.8) is 0 Å². The second-order valence-electron chi connectivity index (χ2n) is 8.44. The summed E-state index contributed by atoms with van der Waals surface area (Å²) in [6, 6.07) is 6.02. The zero-order valence-corrected chi connectivity index (χ0v) is 16.6. The van der Waals surface area contributed by atoms with Gasteiger partial charge in [-0.25, -0.2) is 4.79 Å². The Hall–Kier alpha value is -2.45. The van der Waals surface area contributed by atoms with Gasteiger partial charge in [0.2, 0.25) is 5.91 Å². The van der Waals surface area contributed by atoms with Gasteiger partial charge in [0.1, 0.15) is 0 Å². The third kappa shape index (κ3) is 3.62. The maximum absolute atomic E-state index is 12.3. The Bertz CT molecular complexity index is 911. The molecule has 3 aliphatic heterocycles. The van der Waals surface area contributed by atoms with E-state index in [0.717, 1.165) is 61.5 Å². The normalized spacial score (nSPS) is 24.4. The number of nitrogens with one attached hydrogen (secondary N) is 2. The molecular weight excluding hydrogens is 368 g/mol. The Morgan fingerprint density at radius 1 is 1.10 bits per heavy atom. The van der Waals surface area contributed by atoms with E-state index in [9.17, 15) is 9.59 Å². The molecule has 1 aromatic heterocycles. The third-order valence-electron chi connectivity index (χ3n) is 6.54. The first kappa shape index (κ1) is 18.6. The van der Waals surface area contributed by atoms with Crippen LogP contribution in [0.1, 0.15) is 31.7 Å². The molecule has 3 aliphatic rings. The first-order valence-corrected chi connectivity index (χ1v) is 10.7. The number of nitrogens with zero attached hydrogens (tertiary/aromatic N) is 4. The van der Waals surface area contributed by atoms with E-state index in [-0.39, 0.29) is 11.9 Å². The van der Waals surface area contributed by atoms with Gasteiger partial charge < -0.3 is 10.2 Å². The lowest BCUT2D eigenvalue weighted by molar-refractivity contribution is -0.120. The summed E-state index contributed by atoms with van der Waals surface area (Å²) in [6.07, 6.45) is 5.68. The number of likely N-dealkylation sites (tertiary alicyclic amines) is 1. The molecule has 2 aromatic rings. The van der Waals surface area contributed by atoms with Gasteiger partial charge in [0, 0.05) is 38.0 Å². The van der Waals surface area contributed by atoms with Crippen LogP contribution < -0.4 is 15.5 Å². The molecule has 5 rings (SSSR count). The quantitative estimate of drug-likeness (QED) is 0.823. The number of carbonyl (C=O) groups excluding carboxylic acids is 2. The summed E-state index contributed by atoms with van der Waals surface area (Å²) >= 11 is 0. The predicted octanol–water partition coefficient (Wildman–Crippen LogP) is 1.73. The number of carbonyl (C=O) groups is 2. The van der Waals surface area contributed by atoms with E-state index in [1.807, 2.05) is 18.3 Å². The van der Waals surface area contributed by atoms with Crippen molar-refractivity contribution in [2.45, 2.75) is 31.7 Å². The molecule has 4 heterocycles. The van der Waals surface area contributed by atoms with Gasteiger partial charge in [0.25, 0.3) is 0 Å². The average Bonchev–Trinajstić information content (AvgIpc) is 3.38. The zero-order chi connectivity index (χ0) is 19.8. The number of hydrogen-bond donors (Lipinski definition) is 2. The topological polar surface area (TPSA) is 82.5 Å². The summed E-state index contributed by atoms with van der Waals surface area (Å²) in [7, 11) is 0. The van der Waals surface area contributed by atoms with Crippen molar-refractivity contribution in [2.24, 2.45) is 5.92 Å². The highest BCUT2D eigenvalue weighted by Crippen LogP contribution is 2.32. The molecule has 2 N–H and O–H groups in total. The number of hydrogen-bond acceptors (Lipinski definition) is 5. The summed E-state index contributed by atoms with van der Waals surface area (Å²) in [5.41, 5.74) is 1.88. The molecule has 0 bridgehead atoms. The molecule has 154 valence electrons. The van der Waals surface area contributed by atoms with E-state index in [4.69, 9.17) is 5.10 Å². The molecule has 1 aromatic carbocycles. The van der Waals surface area contributed by atoms with Crippen LogP contribution in [0.4, 0.5) is 10.5 Å². The Kier molecular flexibility index (Phi) is 4.97. The lowest BCUT2D eigenvalue weighted by Crippen LogP contribution is -2.49. The minimum Gasteiger partial charge on any atom is -0.316 e. The van der Waals surface area contributed by atoms with Crippen molar-refractivity contribution >= 4 is 28.5 Å². The van der Waals surface area contributed by atoms with Gasteiger partial charge in [-0.2, -0.15) is 5.10 Å². The fourth-order valence-corrected chi connectivity index (χ4v) is 4.96. The maximum Gasteiger partial charge on any atom is 0.328 e. The van der Waals surface area contributed by atoms with Crippen molar-refractivity contribution in [2.75, 3.05) is 44.2 Å². The van der Waals surface area contributed by atoms with Gasteiger partial charge in [0.05, 0.1) is 23.4 Å². The summed E-state index contributed by atoms with van der Waals surface area (Å²) in [5, 5.41) is 11.5. The molecule has 3 amide bonds. The minimum atomic E-state index is -0.351. The van der Waals surface area contributed by atoms with Crippen LogP contribution in [-0.4, -0.2) is 65.9 Å². The Morgan fingerprint density at radius 3 is 2.72 bits per heavy atom. The number of piperidine rings is 1. The predicted molar refractivity (Wildman–Crippen MR) is 111 cm³/mol. The van der Waals surface area contributed by atoms with Crippen LogP contribution in [-0.2, 0) is 4.79 Å². The molecule has 8 nitrogen and oxygen atoms in total. The first-order chi connectivity index (χ1) is 14.2. The van der Waals surface area contributed by atoms with Gasteiger partial charge in [-0.05, 0) is 50.4 Å². The number of rotatable bonds is 4. The second-order valence-corrected chi connectivity index (χ2v) is 8.44. The standard InChI is InChI=1S/C21H28N6O2/c28-20-7-11-26(21(29)24-20)18-2-1-3-19-17(18)13-23-27(19)16-5-9-25(10-6-16)14-15-4-8-22-12-15/h1-3,13,15-16,22H,4-12,14H2,(H,24,28,29)/t15-/m1/s1. The second kappa shape index (κ2) is 7.76. The Labute approximate surface area is 170 Å². The van der Waals surface area contributed by atoms with Crippen LogP contribution in [0, 0.1) is 5.92 Å². The van der Waals surface area contributed by atoms with Gasteiger partial charge in [-0.1, -0.05) is 6.07 Å². The number of benzene rings is 1. The van der Waals surface area contributed by atoms with Crippen molar-refractivity contribution in [1.29, 1.82) is 0 Å². The minimum absolute atomic E-state index is 0.214. The number of amides is 3. The Morgan fingerprint density at radius 2 is 1.97 bits per heavy atom. The van der Waals surface area contributed by atoms with Gasteiger partial charge in [-0.3, -0.25) is 19.7 Å². The largest absolute Gasteiger partial charge is 0.328 e. The van der Waals surface area contributed by atoms with Crippen LogP contribution in [0.25, 0.3) is 10.9 Å². The van der Waals surface area contributed by atoms with E-state index in [2.05, 4.69) is 26.3 Å². The molecular formula is C21H28N6O2. The third-order valence-corrected chi connectivity index (χ3v) is 6.54. The van der Waals surface area contributed by atoms with E-state index < -0.39 is 0 Å². The molecule has 3 saturated heterocycles. The van der Waals surface area contributed by atoms with Gasteiger partial charge in [0.15, 0.2) is 0 Å². The summed E-state index contributed by atoms with van der Waals surface area (Å²) in [4.78, 5) is 28.0. The van der Waals surface area contributed by atoms with E-state index in [1.165, 1.54) is 13.0 Å². The van der Waals surface area contributed by atoms with E-state index >= 15 is 0 Å². The first-order valence-electron chi connectivity index (χ1n) is 10.7. The zero-order valence-electron chi connectivity index (χ0n) is 16.6. The molecule has 0 saturated carbocycles. The highest BCUT2D eigenvalue weighted by Gasteiger charge is 2.28. The highest BCUT2D eigenvalue weighted by atomic mass is 16.2. The molecule has 0 unspecified atom stereocenters. The average molecular weight is 396 g/mol. The van der Waals surface area contributed by atoms with Gasteiger partial charge in [-0.15, -0.1) is 0 Å². The summed E-state index contributed by atoms with van der Waals surface area (Å²) in [5.74, 6) is 0.580. The van der Waals surface area contributed by atoms with Crippen LogP contribution >= 0.6 is 0 Å². The summed E-state index contributed by atoms with van der Waals surface area (Å²) in [6.45, 7) is 6.14. The van der Waals surface area contributed by atoms with Crippen molar-refractivity contribution < 1.29 is 9.59 Å². The number of aromatic nitrogens is 2. The van der Waals surface area contributed by atoms with Crippen LogP contribution in [0.5, 0.6) is 0 Å². The van der Waals surface area contributed by atoms with Gasteiger partial charge >= 0.3 is 6.03 Å². The fourth-order valence-electron chi connectivity index (χ4n) is 4.96. The molecule has 29 heavy (non-hydrogen) atoms. The fraction of sp³-hybridized carbons (Fsp3) is 0.571. The summed E-state index contributed by atoms with van der Waals surface area (Å²) < 4.78 is 2.14. The molecule has 8 heteroatoms. The van der Waals surface area contributed by atoms with Crippen LogP contribution in [0.15, 0.2) is 24.4 Å². The number of fused-ring (bicyclic) bond motifs is 1. The Balaban J connectivity index is 1.32. The van der Waals surface area contributed by atoms with Crippen LogP contribution in [0.2, 0.25) is 0 Å². The molecule has 0 radical (unpaired) electrons. The number of urea groups is 1. The van der Waals surface area contributed by atoms with E-state index in [0.29, 0.717) is 19.0 Å². The molecule has 1 atom stereocenters. The van der Waals surface area contributed by atoms with Crippen molar-refractivity contribution in [3.8, 4) is 0 Å². The molecule has 3 fully saturated rings. The van der Waals surface area contributed by atoms with Crippen molar-refractivity contribution in [1.82, 2.24) is 25.3 Å². The molecule has 0 spiro atoms. The number of anilines is 1. The van der Waals surface area contributed by atoms with Crippen molar-refractivity contribution in [3.05, 3.63) is 24.4 Å². The highest BCUT2D eigenvalue weighted by molar-refractivity contribution is 6.09.